The molecule has 1 heterocycles. The maximum Gasteiger partial charge on any atom is 0.204 e. The number of hydrogen-bond donors (Lipinski definition) is 0. The standard InChI is InChI=1S/C9H7NO.Al.3H/c11-8-5-1-3-7-4-2-6-10-9(7)8;;;;/h1-5H,6H2;;;;. The van der Waals surface area contributed by atoms with Crippen molar-refractivity contribution in [2.24, 2.45) is 4.99 Å². The lowest BCUT2D eigenvalue weighted by atomic mass is 9.99. The molecule has 0 amide bonds. The third-order valence-corrected chi connectivity index (χ3v) is 1.68. The Morgan fingerprint density at radius 3 is 2.92 bits per heavy atom. The number of carbonyl (C=O) groups excluding carboxylic acids is 1. The molecule has 0 aromatic rings. The van der Waals surface area contributed by atoms with Crippen molar-refractivity contribution in [1.29, 1.82) is 0 Å². The summed E-state index contributed by atoms with van der Waals surface area (Å²) in [6.45, 7) is 0.631. The molecule has 3 heteroatoms. The SMILES string of the molecule is O=C1C=CC=C2C=CCN=C12.[AlH3]. The molecule has 0 N–H and O–H groups in total. The number of allylic oxidation sites excluding steroid dienone is 5. The summed E-state index contributed by atoms with van der Waals surface area (Å²) in [5.41, 5.74) is 1.54. The minimum absolute atomic E-state index is 0. The van der Waals surface area contributed by atoms with Gasteiger partial charge in [-0.1, -0.05) is 24.3 Å². The molecule has 1 aliphatic carbocycles. The molecule has 0 spiro atoms. The number of nitrogens with zero attached hydrogens (tertiary/aromatic N) is 1. The van der Waals surface area contributed by atoms with E-state index in [-0.39, 0.29) is 23.1 Å². The zero-order valence-corrected chi connectivity index (χ0v) is 5.95. The van der Waals surface area contributed by atoms with Gasteiger partial charge in [0.25, 0.3) is 0 Å². The van der Waals surface area contributed by atoms with Crippen molar-refractivity contribution in [3.05, 3.63) is 36.0 Å². The quantitative estimate of drug-likeness (QED) is 0.373. The van der Waals surface area contributed by atoms with Crippen LogP contribution in [0, 0.1) is 0 Å². The van der Waals surface area contributed by atoms with Crippen LogP contribution in [0.15, 0.2) is 40.9 Å². The van der Waals surface area contributed by atoms with Crippen molar-refractivity contribution in [2.45, 2.75) is 0 Å². The number of dihydropyridines is 1. The van der Waals surface area contributed by atoms with Gasteiger partial charge in [0.1, 0.15) is 5.71 Å². The van der Waals surface area contributed by atoms with Gasteiger partial charge in [0.05, 0.1) is 6.54 Å². The summed E-state index contributed by atoms with van der Waals surface area (Å²) in [5.74, 6) is 0.0202. The van der Waals surface area contributed by atoms with Crippen LogP contribution >= 0.6 is 0 Å². The van der Waals surface area contributed by atoms with E-state index in [9.17, 15) is 4.79 Å². The number of ketones is 1. The van der Waals surface area contributed by atoms with Crippen LogP contribution in [-0.4, -0.2) is 35.4 Å². The lowest BCUT2D eigenvalue weighted by Gasteiger charge is -2.09. The molecule has 0 saturated carbocycles. The molecule has 1 aliphatic heterocycles. The van der Waals surface area contributed by atoms with E-state index >= 15 is 0 Å². The van der Waals surface area contributed by atoms with Crippen molar-refractivity contribution < 1.29 is 4.79 Å². The van der Waals surface area contributed by atoms with Crippen LogP contribution in [-0.2, 0) is 4.79 Å². The van der Waals surface area contributed by atoms with Gasteiger partial charge in [0.15, 0.2) is 17.4 Å². The smallest absolute Gasteiger partial charge is 0.204 e. The third-order valence-electron chi connectivity index (χ3n) is 1.68. The molecule has 12 heavy (non-hydrogen) atoms. The zero-order chi connectivity index (χ0) is 7.68. The van der Waals surface area contributed by atoms with Gasteiger partial charge in [-0.05, 0) is 6.08 Å². The molecule has 0 bridgehead atoms. The highest BCUT2D eigenvalue weighted by Crippen LogP contribution is 2.11. The third kappa shape index (κ3) is 1.47. The molecule has 2 rings (SSSR count). The van der Waals surface area contributed by atoms with Crippen molar-refractivity contribution >= 4 is 28.9 Å². The van der Waals surface area contributed by atoms with Gasteiger partial charge < -0.3 is 0 Å². The maximum absolute atomic E-state index is 11.1. The van der Waals surface area contributed by atoms with Crippen LogP contribution in [0.5, 0.6) is 0 Å². The van der Waals surface area contributed by atoms with E-state index in [1.165, 1.54) is 0 Å². The summed E-state index contributed by atoms with van der Waals surface area (Å²) in [6, 6.07) is 0. The molecular formula is C9H10AlNO. The zero-order valence-electron chi connectivity index (χ0n) is 5.95. The minimum Gasteiger partial charge on any atom is -0.288 e. The Balaban J connectivity index is 0.000000720. The van der Waals surface area contributed by atoms with Crippen molar-refractivity contribution in [3.8, 4) is 0 Å². The summed E-state index contributed by atoms with van der Waals surface area (Å²) < 4.78 is 0. The fourth-order valence-corrected chi connectivity index (χ4v) is 1.17. The Kier molecular flexibility index (Phi) is 2.80. The van der Waals surface area contributed by atoms with Gasteiger partial charge in [-0.2, -0.15) is 0 Å². The fourth-order valence-electron chi connectivity index (χ4n) is 1.17. The largest absolute Gasteiger partial charge is 0.288 e. The number of rotatable bonds is 0. The Hall–Kier alpha value is -0.908. The van der Waals surface area contributed by atoms with E-state index in [1.54, 1.807) is 12.2 Å². The van der Waals surface area contributed by atoms with Gasteiger partial charge in [0.2, 0.25) is 5.78 Å². The average Bonchev–Trinajstić information content (AvgIpc) is 2.06. The molecule has 0 fully saturated rings. The van der Waals surface area contributed by atoms with Crippen LogP contribution in [0.25, 0.3) is 0 Å². The Labute approximate surface area is 81.5 Å². The predicted octanol–water partition coefficient (Wildman–Crippen LogP) is -0.121. The van der Waals surface area contributed by atoms with Gasteiger partial charge in [-0.3, -0.25) is 9.79 Å². The summed E-state index contributed by atoms with van der Waals surface area (Å²) in [7, 11) is 0. The first-order valence-electron chi connectivity index (χ1n) is 3.52. The number of hydrogen-bond acceptors (Lipinski definition) is 2. The first-order valence-corrected chi connectivity index (χ1v) is 3.52. The van der Waals surface area contributed by atoms with E-state index in [4.69, 9.17) is 0 Å². The molecule has 60 valence electrons. The van der Waals surface area contributed by atoms with Gasteiger partial charge >= 0.3 is 0 Å². The molecule has 2 aliphatic rings. The monoisotopic (exact) mass is 175 g/mol. The molecule has 0 aromatic carbocycles. The lowest BCUT2D eigenvalue weighted by Crippen LogP contribution is -2.18. The van der Waals surface area contributed by atoms with E-state index in [2.05, 4.69) is 4.99 Å². The summed E-state index contributed by atoms with van der Waals surface area (Å²) in [4.78, 5) is 15.2. The number of carbonyl (C=O) groups is 1. The maximum atomic E-state index is 11.1. The second-order valence-corrected chi connectivity index (χ2v) is 2.44. The number of fused-ring (bicyclic) bond motifs is 1. The summed E-state index contributed by atoms with van der Waals surface area (Å²) in [5, 5.41) is 0. The molecular weight excluding hydrogens is 165 g/mol. The highest BCUT2D eigenvalue weighted by Gasteiger charge is 2.15. The van der Waals surface area contributed by atoms with Crippen molar-refractivity contribution in [3.63, 3.8) is 0 Å². The molecule has 2 nitrogen and oxygen atoms in total. The number of aliphatic imine (C=N–C) groups is 1. The average molecular weight is 175 g/mol. The second kappa shape index (κ2) is 3.66. The topological polar surface area (TPSA) is 29.4 Å². The van der Waals surface area contributed by atoms with E-state index < -0.39 is 0 Å². The Morgan fingerprint density at radius 1 is 1.33 bits per heavy atom. The summed E-state index contributed by atoms with van der Waals surface area (Å²) in [6.07, 6.45) is 9.08. The van der Waals surface area contributed by atoms with Gasteiger partial charge in [-0.15, -0.1) is 0 Å². The minimum atomic E-state index is 0. The summed E-state index contributed by atoms with van der Waals surface area (Å²) >= 11 is 0. The van der Waals surface area contributed by atoms with E-state index in [1.807, 2.05) is 18.2 Å². The highest BCUT2D eigenvalue weighted by atomic mass is 27.0. The normalized spacial score (nSPS) is 19.2. The molecule has 0 atom stereocenters. The molecule has 0 saturated heterocycles. The van der Waals surface area contributed by atoms with Gasteiger partial charge in [-0.25, -0.2) is 0 Å². The highest BCUT2D eigenvalue weighted by molar-refractivity contribution is 6.51. The van der Waals surface area contributed by atoms with Crippen LogP contribution in [0.1, 0.15) is 0 Å². The Morgan fingerprint density at radius 2 is 2.17 bits per heavy atom. The fraction of sp³-hybridized carbons (Fsp3) is 0.111. The molecule has 0 aromatic heterocycles. The Bertz CT molecular complexity index is 323. The first-order chi connectivity index (χ1) is 5.38. The second-order valence-electron chi connectivity index (χ2n) is 2.44. The first kappa shape index (κ1) is 9.18. The van der Waals surface area contributed by atoms with Crippen LogP contribution < -0.4 is 0 Å². The predicted molar refractivity (Wildman–Crippen MR) is 53.6 cm³/mol. The van der Waals surface area contributed by atoms with E-state index in [0.29, 0.717) is 12.3 Å². The molecule has 0 unspecified atom stereocenters. The molecule has 0 radical (unpaired) electrons. The van der Waals surface area contributed by atoms with Crippen LogP contribution in [0.4, 0.5) is 0 Å². The van der Waals surface area contributed by atoms with Crippen molar-refractivity contribution in [2.75, 3.05) is 6.54 Å². The lowest BCUT2D eigenvalue weighted by molar-refractivity contribution is -0.108. The van der Waals surface area contributed by atoms with Crippen molar-refractivity contribution in [1.82, 2.24) is 0 Å². The van der Waals surface area contributed by atoms with Gasteiger partial charge in [0, 0.05) is 5.57 Å². The van der Waals surface area contributed by atoms with Crippen LogP contribution in [0.2, 0.25) is 0 Å². The van der Waals surface area contributed by atoms with Crippen LogP contribution in [0.3, 0.4) is 0 Å². The van der Waals surface area contributed by atoms with E-state index in [0.717, 1.165) is 5.57 Å².